The maximum absolute atomic E-state index is 12.3. The van der Waals surface area contributed by atoms with E-state index in [-0.39, 0.29) is 16.6 Å². The molecular formula is C15H20ClN5OS. The molecule has 124 valence electrons. The van der Waals surface area contributed by atoms with Crippen LogP contribution in [0.3, 0.4) is 0 Å². The fraction of sp³-hybridized carbons (Fsp3) is 0.400. The largest absolute Gasteiger partial charge is 0.336 e. The number of carbonyl (C=O) groups excluding carboxylic acids is 1. The summed E-state index contributed by atoms with van der Waals surface area (Å²) in [5.74, 6) is 6.56. The van der Waals surface area contributed by atoms with Crippen molar-refractivity contribution in [3.63, 3.8) is 0 Å². The van der Waals surface area contributed by atoms with E-state index in [4.69, 9.17) is 17.4 Å². The molecule has 0 spiro atoms. The Kier molecular flexibility index (Phi) is 5.21. The van der Waals surface area contributed by atoms with Crippen molar-refractivity contribution in [3.8, 4) is 0 Å². The average molecular weight is 354 g/mol. The Balaban J connectivity index is 2.04. The lowest BCUT2D eigenvalue weighted by Gasteiger charge is -2.17. The average Bonchev–Trinajstić information content (AvgIpc) is 2.82. The SMILES string of the molecule is CC(Sc1nnc(C(C)(C)C)n1N)C(=O)Nc1ccc(Cl)cc1. The van der Waals surface area contributed by atoms with E-state index >= 15 is 0 Å². The van der Waals surface area contributed by atoms with Crippen molar-refractivity contribution in [2.24, 2.45) is 0 Å². The number of aromatic nitrogens is 3. The molecule has 1 unspecified atom stereocenters. The minimum Gasteiger partial charge on any atom is -0.336 e. The monoisotopic (exact) mass is 353 g/mol. The third kappa shape index (κ3) is 4.39. The number of carbonyl (C=O) groups is 1. The number of nitrogens with two attached hydrogens (primary N) is 1. The van der Waals surface area contributed by atoms with Crippen molar-refractivity contribution in [1.29, 1.82) is 0 Å². The van der Waals surface area contributed by atoms with Crippen LogP contribution in [0.5, 0.6) is 0 Å². The number of nitrogens with zero attached hydrogens (tertiary/aromatic N) is 3. The van der Waals surface area contributed by atoms with E-state index in [0.717, 1.165) is 0 Å². The molecule has 23 heavy (non-hydrogen) atoms. The molecule has 2 aromatic rings. The zero-order valence-corrected chi connectivity index (χ0v) is 15.1. The minimum atomic E-state index is -0.370. The Labute approximate surface area is 144 Å². The standard InChI is InChI=1S/C15H20ClN5OS/c1-9(12(22)18-11-7-5-10(16)6-8-11)23-14-20-19-13(21(14)17)15(2,3)4/h5-9H,17H2,1-4H3,(H,18,22). The van der Waals surface area contributed by atoms with Gasteiger partial charge in [0.25, 0.3) is 0 Å². The number of benzene rings is 1. The van der Waals surface area contributed by atoms with E-state index in [9.17, 15) is 4.79 Å². The number of anilines is 1. The van der Waals surface area contributed by atoms with Crippen LogP contribution < -0.4 is 11.2 Å². The second kappa shape index (κ2) is 6.80. The van der Waals surface area contributed by atoms with Crippen LogP contribution in [0.2, 0.25) is 5.02 Å². The molecule has 1 amide bonds. The first-order valence-electron chi connectivity index (χ1n) is 7.12. The number of nitrogen functional groups attached to an aromatic ring is 1. The Bertz CT molecular complexity index is 693. The van der Waals surface area contributed by atoms with Gasteiger partial charge in [-0.15, -0.1) is 10.2 Å². The second-order valence-corrected chi connectivity index (χ2v) is 7.93. The lowest BCUT2D eigenvalue weighted by atomic mass is 9.96. The summed E-state index contributed by atoms with van der Waals surface area (Å²) in [6.07, 6.45) is 0. The lowest BCUT2D eigenvalue weighted by molar-refractivity contribution is -0.115. The van der Waals surface area contributed by atoms with Gasteiger partial charge in [0, 0.05) is 16.1 Å². The normalized spacial score (nSPS) is 12.9. The van der Waals surface area contributed by atoms with Gasteiger partial charge in [-0.2, -0.15) is 0 Å². The van der Waals surface area contributed by atoms with Gasteiger partial charge >= 0.3 is 0 Å². The van der Waals surface area contributed by atoms with Crippen molar-refractivity contribution < 1.29 is 4.79 Å². The summed E-state index contributed by atoms with van der Waals surface area (Å²) in [7, 11) is 0. The van der Waals surface area contributed by atoms with Gasteiger partial charge in [0.2, 0.25) is 11.1 Å². The molecule has 1 aromatic carbocycles. The Hall–Kier alpha value is -1.73. The number of rotatable bonds is 4. The predicted octanol–water partition coefficient (Wildman–Crippen LogP) is 3.06. The molecular weight excluding hydrogens is 334 g/mol. The molecule has 0 fully saturated rings. The van der Waals surface area contributed by atoms with E-state index in [0.29, 0.717) is 21.7 Å². The fourth-order valence-electron chi connectivity index (χ4n) is 1.86. The van der Waals surface area contributed by atoms with E-state index in [1.807, 2.05) is 20.8 Å². The van der Waals surface area contributed by atoms with Gasteiger partial charge in [0.05, 0.1) is 5.25 Å². The van der Waals surface area contributed by atoms with Gasteiger partial charge < -0.3 is 11.2 Å². The first-order valence-corrected chi connectivity index (χ1v) is 8.38. The van der Waals surface area contributed by atoms with Crippen LogP contribution in [0.1, 0.15) is 33.5 Å². The predicted molar refractivity (Wildman–Crippen MR) is 94.3 cm³/mol. The summed E-state index contributed by atoms with van der Waals surface area (Å²) >= 11 is 7.09. The molecule has 0 bridgehead atoms. The van der Waals surface area contributed by atoms with Crippen LogP contribution in [0.25, 0.3) is 0 Å². The molecule has 0 aliphatic rings. The summed E-state index contributed by atoms with van der Waals surface area (Å²) in [5.41, 5.74) is 0.478. The van der Waals surface area contributed by atoms with Crippen LogP contribution in [-0.2, 0) is 10.2 Å². The third-order valence-electron chi connectivity index (χ3n) is 3.10. The summed E-state index contributed by atoms with van der Waals surface area (Å²) in [6, 6.07) is 6.95. The Morgan fingerprint density at radius 1 is 1.30 bits per heavy atom. The van der Waals surface area contributed by atoms with Crippen molar-refractivity contribution in [3.05, 3.63) is 35.1 Å². The third-order valence-corrected chi connectivity index (χ3v) is 4.41. The molecule has 0 radical (unpaired) electrons. The van der Waals surface area contributed by atoms with Gasteiger partial charge in [0.15, 0.2) is 5.82 Å². The van der Waals surface area contributed by atoms with Crippen LogP contribution >= 0.6 is 23.4 Å². The zero-order chi connectivity index (χ0) is 17.2. The van der Waals surface area contributed by atoms with Crippen molar-refractivity contribution >= 4 is 35.0 Å². The maximum atomic E-state index is 12.3. The first kappa shape index (κ1) is 17.6. The number of thioether (sulfide) groups is 1. The molecule has 2 rings (SSSR count). The topological polar surface area (TPSA) is 85.8 Å². The van der Waals surface area contributed by atoms with Crippen LogP contribution in [0.4, 0.5) is 5.69 Å². The number of halogens is 1. The van der Waals surface area contributed by atoms with Crippen LogP contribution in [0, 0.1) is 0 Å². The smallest absolute Gasteiger partial charge is 0.237 e. The van der Waals surface area contributed by atoms with Crippen molar-refractivity contribution in [2.75, 3.05) is 11.2 Å². The molecule has 0 aliphatic carbocycles. The van der Waals surface area contributed by atoms with Gasteiger partial charge in [-0.25, -0.2) is 4.68 Å². The van der Waals surface area contributed by atoms with E-state index in [1.54, 1.807) is 31.2 Å². The van der Waals surface area contributed by atoms with Crippen molar-refractivity contribution in [2.45, 2.75) is 43.5 Å². The highest BCUT2D eigenvalue weighted by molar-refractivity contribution is 8.00. The minimum absolute atomic E-state index is 0.141. The fourth-order valence-corrected chi connectivity index (χ4v) is 2.75. The summed E-state index contributed by atoms with van der Waals surface area (Å²) in [5, 5.41) is 11.8. The number of amides is 1. The Morgan fingerprint density at radius 3 is 2.43 bits per heavy atom. The van der Waals surface area contributed by atoms with Gasteiger partial charge in [0.1, 0.15) is 0 Å². The van der Waals surface area contributed by atoms with E-state index in [2.05, 4.69) is 15.5 Å². The summed E-state index contributed by atoms with van der Waals surface area (Å²) in [6.45, 7) is 7.81. The molecule has 6 nitrogen and oxygen atoms in total. The molecule has 8 heteroatoms. The summed E-state index contributed by atoms with van der Waals surface area (Å²) in [4.78, 5) is 12.3. The second-order valence-electron chi connectivity index (χ2n) is 6.18. The number of hydrogen-bond acceptors (Lipinski definition) is 5. The first-order chi connectivity index (χ1) is 10.7. The van der Waals surface area contributed by atoms with E-state index < -0.39 is 0 Å². The Morgan fingerprint density at radius 2 is 1.91 bits per heavy atom. The zero-order valence-electron chi connectivity index (χ0n) is 13.5. The number of hydrogen-bond donors (Lipinski definition) is 2. The molecule has 1 aromatic heterocycles. The van der Waals surface area contributed by atoms with Crippen LogP contribution in [-0.4, -0.2) is 26.0 Å². The van der Waals surface area contributed by atoms with E-state index in [1.165, 1.54) is 16.4 Å². The van der Waals surface area contributed by atoms with Gasteiger partial charge in [-0.1, -0.05) is 44.1 Å². The van der Waals surface area contributed by atoms with Gasteiger partial charge in [-0.3, -0.25) is 4.79 Å². The highest BCUT2D eigenvalue weighted by atomic mass is 35.5. The molecule has 0 saturated carbocycles. The number of nitrogens with one attached hydrogen (secondary N) is 1. The van der Waals surface area contributed by atoms with Crippen LogP contribution in [0.15, 0.2) is 29.4 Å². The molecule has 1 atom stereocenters. The maximum Gasteiger partial charge on any atom is 0.237 e. The molecule has 3 N–H and O–H groups in total. The molecule has 1 heterocycles. The summed E-state index contributed by atoms with van der Waals surface area (Å²) < 4.78 is 1.44. The highest BCUT2D eigenvalue weighted by Gasteiger charge is 2.25. The molecule has 0 saturated heterocycles. The van der Waals surface area contributed by atoms with Gasteiger partial charge in [-0.05, 0) is 31.2 Å². The molecule has 0 aliphatic heterocycles. The quantitative estimate of drug-likeness (QED) is 0.651. The highest BCUT2D eigenvalue weighted by Crippen LogP contribution is 2.26. The lowest BCUT2D eigenvalue weighted by Crippen LogP contribution is -2.26. The van der Waals surface area contributed by atoms with Crippen molar-refractivity contribution in [1.82, 2.24) is 14.9 Å².